The van der Waals surface area contributed by atoms with Gasteiger partial charge in [-0.15, -0.1) is 0 Å². The number of hydrogen-bond donors (Lipinski definition) is 0. The van der Waals surface area contributed by atoms with E-state index < -0.39 is 0 Å². The summed E-state index contributed by atoms with van der Waals surface area (Å²) < 4.78 is 6.97. The fraction of sp³-hybridized carbons (Fsp3) is 0.321. The summed E-state index contributed by atoms with van der Waals surface area (Å²) in [6.45, 7) is 5.41. The van der Waals surface area contributed by atoms with Gasteiger partial charge in [0.25, 0.3) is 11.5 Å². The van der Waals surface area contributed by atoms with Gasteiger partial charge in [0.15, 0.2) is 0 Å². The Labute approximate surface area is 199 Å². The standard InChI is InChI=1S/C28H31N3O3/c1-4-17-30(27(32)22-15-10-12-20-11-6-7-13-21(20)22)25(5-2)26-29-24-16-9-8-14-23(24)28(33)31(26)18-19-34-3/h6-16,25H,4-5,17-19H2,1-3H3. The first-order valence-electron chi connectivity index (χ1n) is 11.9. The SMILES string of the molecule is CCCN(C(=O)c1cccc2ccccc12)C(CC)c1nc2ccccc2c(=O)n1CCOC. The Morgan fingerprint density at radius 1 is 1.00 bits per heavy atom. The second-order valence-electron chi connectivity index (χ2n) is 8.39. The molecule has 0 saturated heterocycles. The lowest BCUT2D eigenvalue weighted by Crippen LogP contribution is -2.39. The Bertz CT molecular complexity index is 1360. The van der Waals surface area contributed by atoms with E-state index in [1.54, 1.807) is 17.7 Å². The molecule has 0 N–H and O–H groups in total. The zero-order valence-electron chi connectivity index (χ0n) is 20.0. The first-order valence-corrected chi connectivity index (χ1v) is 11.9. The number of carbonyl (C=O) groups excluding carboxylic acids is 1. The van der Waals surface area contributed by atoms with Crippen molar-refractivity contribution >= 4 is 27.6 Å². The third kappa shape index (κ3) is 4.46. The number of rotatable bonds is 9. The molecule has 0 saturated carbocycles. The normalized spacial score (nSPS) is 12.2. The Morgan fingerprint density at radius 2 is 1.71 bits per heavy atom. The van der Waals surface area contributed by atoms with Crippen LogP contribution in [0, 0.1) is 0 Å². The number of carbonyl (C=O) groups is 1. The first kappa shape index (κ1) is 23.6. The van der Waals surface area contributed by atoms with Crippen LogP contribution >= 0.6 is 0 Å². The third-order valence-electron chi connectivity index (χ3n) is 6.22. The van der Waals surface area contributed by atoms with Crippen molar-refractivity contribution in [3.63, 3.8) is 0 Å². The van der Waals surface area contributed by atoms with Crippen molar-refractivity contribution < 1.29 is 9.53 Å². The lowest BCUT2D eigenvalue weighted by Gasteiger charge is -2.32. The van der Waals surface area contributed by atoms with E-state index in [0.717, 1.165) is 17.2 Å². The van der Waals surface area contributed by atoms with Gasteiger partial charge in [0.2, 0.25) is 0 Å². The molecule has 176 valence electrons. The molecular weight excluding hydrogens is 426 g/mol. The van der Waals surface area contributed by atoms with Gasteiger partial charge in [0.05, 0.1) is 30.1 Å². The molecule has 0 bridgehead atoms. The molecule has 1 unspecified atom stereocenters. The maximum atomic E-state index is 14.0. The van der Waals surface area contributed by atoms with Crippen molar-refractivity contribution in [2.75, 3.05) is 20.3 Å². The summed E-state index contributed by atoms with van der Waals surface area (Å²) in [6, 6.07) is 20.8. The van der Waals surface area contributed by atoms with Crippen molar-refractivity contribution in [3.8, 4) is 0 Å². The zero-order chi connectivity index (χ0) is 24.1. The molecule has 34 heavy (non-hydrogen) atoms. The summed E-state index contributed by atoms with van der Waals surface area (Å²) in [5, 5.41) is 2.52. The third-order valence-corrected chi connectivity index (χ3v) is 6.22. The van der Waals surface area contributed by atoms with Crippen LogP contribution in [0.5, 0.6) is 0 Å². The number of para-hydroxylation sites is 1. The highest BCUT2D eigenvalue weighted by molar-refractivity contribution is 6.07. The van der Waals surface area contributed by atoms with Crippen LogP contribution in [0.15, 0.2) is 71.5 Å². The predicted octanol–water partition coefficient (Wildman–Crippen LogP) is 5.20. The fourth-order valence-corrected chi connectivity index (χ4v) is 4.59. The predicted molar refractivity (Wildman–Crippen MR) is 136 cm³/mol. The minimum atomic E-state index is -0.347. The molecule has 1 atom stereocenters. The number of aromatic nitrogens is 2. The molecule has 6 nitrogen and oxygen atoms in total. The molecule has 0 aliphatic rings. The van der Waals surface area contributed by atoms with Gasteiger partial charge >= 0.3 is 0 Å². The number of ether oxygens (including phenoxy) is 1. The summed E-state index contributed by atoms with van der Waals surface area (Å²) in [4.78, 5) is 34.2. The lowest BCUT2D eigenvalue weighted by atomic mass is 10.0. The van der Waals surface area contributed by atoms with E-state index in [4.69, 9.17) is 9.72 Å². The van der Waals surface area contributed by atoms with E-state index >= 15 is 0 Å². The second kappa shape index (κ2) is 10.6. The number of hydrogen-bond acceptors (Lipinski definition) is 4. The highest BCUT2D eigenvalue weighted by Gasteiger charge is 2.29. The van der Waals surface area contributed by atoms with E-state index in [-0.39, 0.29) is 17.5 Å². The lowest BCUT2D eigenvalue weighted by molar-refractivity contribution is 0.0656. The van der Waals surface area contributed by atoms with Gasteiger partial charge in [-0.05, 0) is 41.8 Å². The Balaban J connectivity index is 1.87. The average Bonchev–Trinajstić information content (AvgIpc) is 2.87. The second-order valence-corrected chi connectivity index (χ2v) is 8.39. The maximum absolute atomic E-state index is 14.0. The summed E-state index contributed by atoms with van der Waals surface area (Å²) in [6.07, 6.45) is 1.43. The van der Waals surface area contributed by atoms with E-state index in [1.165, 1.54) is 0 Å². The molecule has 4 aromatic rings. The van der Waals surface area contributed by atoms with E-state index in [2.05, 4.69) is 6.92 Å². The van der Waals surface area contributed by atoms with Gasteiger partial charge < -0.3 is 9.64 Å². The van der Waals surface area contributed by atoms with Crippen LogP contribution in [0.25, 0.3) is 21.7 Å². The zero-order valence-corrected chi connectivity index (χ0v) is 20.0. The summed E-state index contributed by atoms with van der Waals surface area (Å²) in [5.41, 5.74) is 1.20. The number of nitrogens with zero attached hydrogens (tertiary/aromatic N) is 3. The van der Waals surface area contributed by atoms with Crippen molar-refractivity contribution in [1.82, 2.24) is 14.5 Å². The minimum absolute atomic E-state index is 0.0498. The molecule has 1 heterocycles. The molecular formula is C28H31N3O3. The molecule has 6 heteroatoms. The molecule has 0 aliphatic heterocycles. The first-order chi connectivity index (χ1) is 16.6. The van der Waals surface area contributed by atoms with Crippen molar-refractivity contribution in [2.24, 2.45) is 0 Å². The summed E-state index contributed by atoms with van der Waals surface area (Å²) in [7, 11) is 1.61. The van der Waals surface area contributed by atoms with Gasteiger partial charge in [-0.25, -0.2) is 4.98 Å². The highest BCUT2D eigenvalue weighted by Crippen LogP contribution is 2.28. The average molecular weight is 458 g/mol. The van der Waals surface area contributed by atoms with Crippen molar-refractivity contribution in [3.05, 3.63) is 88.5 Å². The molecule has 3 aromatic carbocycles. The summed E-state index contributed by atoms with van der Waals surface area (Å²) >= 11 is 0. The van der Waals surface area contributed by atoms with Crippen LogP contribution in [-0.2, 0) is 11.3 Å². The van der Waals surface area contributed by atoms with Gasteiger partial charge in [0, 0.05) is 19.2 Å². The topological polar surface area (TPSA) is 64.4 Å². The Hall–Kier alpha value is -3.51. The molecule has 1 amide bonds. The number of benzene rings is 3. The van der Waals surface area contributed by atoms with Crippen LogP contribution in [-0.4, -0.2) is 40.6 Å². The van der Waals surface area contributed by atoms with Crippen LogP contribution in [0.4, 0.5) is 0 Å². The molecule has 0 aliphatic carbocycles. The highest BCUT2D eigenvalue weighted by atomic mass is 16.5. The number of methoxy groups -OCH3 is 1. The molecule has 0 fully saturated rings. The molecule has 1 aromatic heterocycles. The van der Waals surface area contributed by atoms with Crippen molar-refractivity contribution in [2.45, 2.75) is 39.3 Å². The van der Waals surface area contributed by atoms with Gasteiger partial charge in [-0.2, -0.15) is 0 Å². The van der Waals surface area contributed by atoms with E-state index in [0.29, 0.717) is 48.4 Å². The van der Waals surface area contributed by atoms with Crippen molar-refractivity contribution in [1.29, 1.82) is 0 Å². The minimum Gasteiger partial charge on any atom is -0.383 e. The van der Waals surface area contributed by atoms with E-state index in [1.807, 2.05) is 72.5 Å². The van der Waals surface area contributed by atoms with Gasteiger partial charge in [-0.3, -0.25) is 14.2 Å². The quantitative estimate of drug-likeness (QED) is 0.347. The smallest absolute Gasteiger partial charge is 0.261 e. The van der Waals surface area contributed by atoms with Gasteiger partial charge in [-0.1, -0.05) is 62.4 Å². The van der Waals surface area contributed by atoms with Crippen LogP contribution in [0.1, 0.15) is 48.9 Å². The van der Waals surface area contributed by atoms with Gasteiger partial charge in [0.1, 0.15) is 5.82 Å². The summed E-state index contributed by atoms with van der Waals surface area (Å²) in [5.74, 6) is 0.552. The Morgan fingerprint density at radius 3 is 2.44 bits per heavy atom. The fourth-order valence-electron chi connectivity index (χ4n) is 4.59. The molecule has 0 spiro atoms. The monoisotopic (exact) mass is 457 g/mol. The number of fused-ring (bicyclic) bond motifs is 2. The van der Waals surface area contributed by atoms with Crippen LogP contribution in [0.2, 0.25) is 0 Å². The van der Waals surface area contributed by atoms with Crippen LogP contribution < -0.4 is 5.56 Å². The largest absolute Gasteiger partial charge is 0.383 e. The Kier molecular flexibility index (Phi) is 7.38. The molecule has 0 radical (unpaired) electrons. The maximum Gasteiger partial charge on any atom is 0.261 e. The number of amides is 1. The van der Waals surface area contributed by atoms with E-state index in [9.17, 15) is 9.59 Å². The van der Waals surface area contributed by atoms with Crippen LogP contribution in [0.3, 0.4) is 0 Å². The molecule has 4 rings (SSSR count).